The van der Waals surface area contributed by atoms with Crippen molar-refractivity contribution in [2.75, 3.05) is 0 Å². The first-order valence-electron chi connectivity index (χ1n) is 21.3. The number of rotatable bonds is 5. The highest BCUT2D eigenvalue weighted by Crippen LogP contribution is 2.41. The number of hydrogen-bond acceptors (Lipinski definition) is 6. The average Bonchev–Trinajstić information content (AvgIpc) is 4.11. The summed E-state index contributed by atoms with van der Waals surface area (Å²) in [5.74, 6) is 0. The van der Waals surface area contributed by atoms with Crippen LogP contribution in [0.2, 0.25) is 0 Å². The molecule has 0 spiro atoms. The molecule has 0 atom stereocenters. The number of fused-ring (bicyclic) bond motifs is 12. The molecule has 14 aromatic rings. The molecule has 0 amide bonds. The zero-order valence-electron chi connectivity index (χ0n) is 34.0. The van der Waals surface area contributed by atoms with Crippen LogP contribution in [0.25, 0.3) is 129 Å². The molecule has 0 aliphatic heterocycles. The van der Waals surface area contributed by atoms with Crippen molar-refractivity contribution < 1.29 is 0 Å². The van der Waals surface area contributed by atoms with Gasteiger partial charge in [0.05, 0.1) is 65.3 Å². The summed E-state index contributed by atoms with van der Waals surface area (Å²) in [5.41, 5.74) is 14.3. The molecule has 0 saturated heterocycles. The molecule has 14 rings (SSSR count). The molecule has 64 heavy (non-hydrogen) atoms. The quantitative estimate of drug-likeness (QED) is 0.173. The topological polar surface area (TPSA) is 61.4 Å². The average molecular weight is 853 g/mol. The fourth-order valence-electron chi connectivity index (χ4n) is 9.65. The molecule has 8 heterocycles. The van der Waals surface area contributed by atoms with Gasteiger partial charge >= 0.3 is 0 Å². The minimum Gasteiger partial charge on any atom is -0.308 e. The first-order chi connectivity index (χ1) is 31.7. The van der Waals surface area contributed by atoms with Crippen LogP contribution in [-0.2, 0) is 0 Å². The van der Waals surface area contributed by atoms with Gasteiger partial charge in [-0.1, -0.05) is 97.1 Å². The SMILES string of the molecule is c1ccc(-c2cc3c(cn2)sc2ccc(-n4c5ccccc5c5nc(-c6ccc7c(n6)c6ccccc6n7-c6ccc7sc8cnc(-c9ccccc9)cc8c7c6)ccc54)cc23)cc1. The second-order valence-corrected chi connectivity index (χ2v) is 18.4. The molecule has 0 fully saturated rings. The van der Waals surface area contributed by atoms with Crippen LogP contribution < -0.4 is 0 Å². The van der Waals surface area contributed by atoms with E-state index in [0.717, 1.165) is 89.2 Å². The number of hydrogen-bond donors (Lipinski definition) is 0. The van der Waals surface area contributed by atoms with Crippen molar-refractivity contribution in [3.8, 4) is 45.3 Å². The monoisotopic (exact) mass is 852 g/mol. The Morgan fingerprint density at radius 3 is 1.20 bits per heavy atom. The number of pyridine rings is 4. The number of benzene rings is 6. The number of nitrogens with zero attached hydrogens (tertiary/aromatic N) is 6. The van der Waals surface area contributed by atoms with Crippen LogP contribution >= 0.6 is 22.7 Å². The fraction of sp³-hybridized carbons (Fsp3) is 0. The Hall–Kier alpha value is -8.04. The lowest BCUT2D eigenvalue weighted by molar-refractivity contribution is 1.18. The van der Waals surface area contributed by atoms with Gasteiger partial charge in [-0.15, -0.1) is 22.7 Å². The minimum absolute atomic E-state index is 0.836. The molecule has 0 aliphatic carbocycles. The molecule has 8 heteroatoms. The summed E-state index contributed by atoms with van der Waals surface area (Å²) in [6.07, 6.45) is 4.03. The number of aromatic nitrogens is 6. The standard InChI is InChI=1S/C56H32N6S2/c1-3-11-33(12-4-1)45-29-41-39-27-35(19-25-51(39)63-53(41)31-57-45)61-47-17-9-7-15-37(47)55-49(61)23-21-43(59-55)44-22-24-50-56(60-44)38-16-8-10-18-48(38)62(50)36-20-26-52-40(28-36)42-30-46(58-32-54(42)64-52)34-13-5-2-6-14-34/h1-32H. The van der Waals surface area contributed by atoms with Gasteiger partial charge in [-0.25, -0.2) is 9.97 Å². The Morgan fingerprint density at radius 2 is 0.734 bits per heavy atom. The van der Waals surface area contributed by atoms with Gasteiger partial charge in [0.15, 0.2) is 0 Å². The Bertz CT molecular complexity index is 3930. The highest BCUT2D eigenvalue weighted by atomic mass is 32.1. The van der Waals surface area contributed by atoms with E-state index >= 15 is 0 Å². The van der Waals surface area contributed by atoms with E-state index in [-0.39, 0.29) is 0 Å². The van der Waals surface area contributed by atoms with Crippen LogP contribution in [0.15, 0.2) is 194 Å². The summed E-state index contributed by atoms with van der Waals surface area (Å²) in [7, 11) is 0. The fourth-order valence-corrected chi connectivity index (χ4v) is 11.7. The van der Waals surface area contributed by atoms with Gasteiger partial charge in [0, 0.05) is 76.6 Å². The van der Waals surface area contributed by atoms with Crippen LogP contribution in [0.1, 0.15) is 0 Å². The van der Waals surface area contributed by atoms with Crippen molar-refractivity contribution in [2.24, 2.45) is 0 Å². The molecule has 298 valence electrons. The van der Waals surface area contributed by atoms with Gasteiger partial charge in [-0.3, -0.25) is 9.97 Å². The molecular weight excluding hydrogens is 821 g/mol. The zero-order chi connectivity index (χ0) is 41.9. The Labute approximate surface area is 373 Å². The summed E-state index contributed by atoms with van der Waals surface area (Å²) in [5, 5.41) is 7.09. The van der Waals surface area contributed by atoms with Crippen LogP contribution in [0.5, 0.6) is 0 Å². The smallest absolute Gasteiger partial charge is 0.0971 e. The van der Waals surface area contributed by atoms with E-state index in [0.29, 0.717) is 0 Å². The van der Waals surface area contributed by atoms with E-state index in [9.17, 15) is 0 Å². The third-order valence-corrected chi connectivity index (χ3v) is 14.9. The molecule has 0 radical (unpaired) electrons. The normalized spacial score (nSPS) is 12.1. The van der Waals surface area contributed by atoms with E-state index < -0.39 is 0 Å². The molecule has 6 aromatic carbocycles. The van der Waals surface area contributed by atoms with E-state index in [2.05, 4.69) is 179 Å². The van der Waals surface area contributed by atoms with Gasteiger partial charge in [-0.2, -0.15) is 0 Å². The predicted octanol–water partition coefficient (Wildman–Crippen LogP) is 15.2. The van der Waals surface area contributed by atoms with Crippen LogP contribution in [0.3, 0.4) is 0 Å². The van der Waals surface area contributed by atoms with Crippen molar-refractivity contribution in [2.45, 2.75) is 0 Å². The van der Waals surface area contributed by atoms with Crippen molar-refractivity contribution in [1.29, 1.82) is 0 Å². The lowest BCUT2D eigenvalue weighted by Gasteiger charge is -2.09. The van der Waals surface area contributed by atoms with Gasteiger partial charge in [0.1, 0.15) is 0 Å². The van der Waals surface area contributed by atoms with Gasteiger partial charge in [-0.05, 0) is 84.9 Å². The summed E-state index contributed by atoms with van der Waals surface area (Å²) in [6.45, 7) is 0. The zero-order valence-corrected chi connectivity index (χ0v) is 35.6. The molecule has 0 unspecified atom stereocenters. The lowest BCUT2D eigenvalue weighted by atomic mass is 10.1. The maximum atomic E-state index is 5.40. The van der Waals surface area contributed by atoms with Crippen molar-refractivity contribution in [3.63, 3.8) is 0 Å². The highest BCUT2D eigenvalue weighted by Gasteiger charge is 2.20. The summed E-state index contributed by atoms with van der Waals surface area (Å²) < 4.78 is 9.54. The molecule has 0 aliphatic rings. The first kappa shape index (κ1) is 35.5. The van der Waals surface area contributed by atoms with E-state index in [1.807, 2.05) is 24.5 Å². The number of thiophene rings is 2. The molecular formula is C56H32N6S2. The summed E-state index contributed by atoms with van der Waals surface area (Å²) in [4.78, 5) is 20.5. The number of para-hydroxylation sites is 2. The minimum atomic E-state index is 0.836. The maximum absolute atomic E-state index is 5.40. The molecule has 0 saturated carbocycles. The van der Waals surface area contributed by atoms with Crippen LogP contribution in [-0.4, -0.2) is 29.1 Å². The van der Waals surface area contributed by atoms with Crippen molar-refractivity contribution in [3.05, 3.63) is 194 Å². The largest absolute Gasteiger partial charge is 0.308 e. The van der Waals surface area contributed by atoms with Crippen LogP contribution in [0.4, 0.5) is 0 Å². The van der Waals surface area contributed by atoms with Crippen LogP contribution in [0, 0.1) is 0 Å². The molecule has 0 bridgehead atoms. The highest BCUT2D eigenvalue weighted by molar-refractivity contribution is 7.26. The van der Waals surface area contributed by atoms with Crippen molar-refractivity contribution >= 4 is 107 Å². The Balaban J connectivity index is 0.893. The Morgan fingerprint density at radius 1 is 0.312 bits per heavy atom. The predicted molar refractivity (Wildman–Crippen MR) is 268 cm³/mol. The summed E-state index contributed by atoms with van der Waals surface area (Å²) >= 11 is 3.57. The van der Waals surface area contributed by atoms with E-state index in [1.54, 1.807) is 22.7 Å². The maximum Gasteiger partial charge on any atom is 0.0971 e. The lowest BCUT2D eigenvalue weighted by Crippen LogP contribution is -1.95. The molecule has 0 N–H and O–H groups in total. The Kier molecular flexibility index (Phi) is 7.63. The van der Waals surface area contributed by atoms with Gasteiger partial charge < -0.3 is 9.13 Å². The third-order valence-electron chi connectivity index (χ3n) is 12.6. The van der Waals surface area contributed by atoms with E-state index in [4.69, 9.17) is 19.9 Å². The molecule has 6 nitrogen and oxygen atoms in total. The second kappa shape index (κ2) is 13.7. The van der Waals surface area contributed by atoms with Gasteiger partial charge in [0.25, 0.3) is 0 Å². The third kappa shape index (κ3) is 5.36. The van der Waals surface area contributed by atoms with Gasteiger partial charge in [0.2, 0.25) is 0 Å². The van der Waals surface area contributed by atoms with E-state index in [1.165, 1.54) is 40.3 Å². The second-order valence-electron chi connectivity index (χ2n) is 16.3. The van der Waals surface area contributed by atoms with Crippen molar-refractivity contribution in [1.82, 2.24) is 29.1 Å². The summed E-state index contributed by atoms with van der Waals surface area (Å²) in [6, 6.07) is 64.7. The first-order valence-corrected chi connectivity index (χ1v) is 22.9. The molecule has 8 aromatic heterocycles.